The van der Waals surface area contributed by atoms with E-state index in [1.165, 1.54) is 9.13 Å². The second-order valence-electron chi connectivity index (χ2n) is 7.19. The average Bonchev–Trinajstić information content (AvgIpc) is 3.02. The summed E-state index contributed by atoms with van der Waals surface area (Å²) >= 11 is 0. The van der Waals surface area contributed by atoms with E-state index in [1.54, 1.807) is 7.05 Å². The molecule has 30 heavy (non-hydrogen) atoms. The second kappa shape index (κ2) is 8.98. The number of aromatic amines is 1. The maximum Gasteiger partial charge on any atom is 0.344 e. The summed E-state index contributed by atoms with van der Waals surface area (Å²) in [6, 6.07) is 5.73. The first-order valence-corrected chi connectivity index (χ1v) is 9.86. The van der Waals surface area contributed by atoms with E-state index in [-0.39, 0.29) is 24.4 Å². The molecule has 0 fully saturated rings. The van der Waals surface area contributed by atoms with Gasteiger partial charge in [-0.15, -0.1) is 0 Å². The highest BCUT2D eigenvalue weighted by Gasteiger charge is 2.17. The van der Waals surface area contributed by atoms with Crippen LogP contribution in [0.4, 0.5) is 0 Å². The Morgan fingerprint density at radius 3 is 2.57 bits per heavy atom. The van der Waals surface area contributed by atoms with E-state index >= 15 is 0 Å². The van der Waals surface area contributed by atoms with Gasteiger partial charge in [-0.2, -0.15) is 0 Å². The molecule has 0 aliphatic rings. The number of hydrogen-bond acceptors (Lipinski definition) is 6. The van der Waals surface area contributed by atoms with Crippen molar-refractivity contribution < 1.29 is 14.3 Å². The monoisotopic (exact) mass is 414 g/mol. The van der Waals surface area contributed by atoms with Gasteiger partial charge in [0.1, 0.15) is 18.2 Å². The van der Waals surface area contributed by atoms with Crippen LogP contribution in [0.1, 0.15) is 36.7 Å². The lowest BCUT2D eigenvalue weighted by Crippen LogP contribution is -2.31. The Labute approximate surface area is 173 Å². The number of H-pyrrole nitrogens is 1. The lowest BCUT2D eigenvalue weighted by Gasteiger charge is -2.11. The minimum Gasteiger partial charge on any atom is -0.481 e. The summed E-state index contributed by atoms with van der Waals surface area (Å²) in [6.07, 6.45) is 1.67. The van der Waals surface area contributed by atoms with E-state index in [9.17, 15) is 14.4 Å². The number of para-hydroxylation sites is 1. The third kappa shape index (κ3) is 4.29. The molecule has 9 heteroatoms. The number of nitrogens with zero attached hydrogens (tertiary/aromatic N) is 3. The number of benzene rings is 1. The first-order chi connectivity index (χ1) is 14.3. The molecule has 160 valence electrons. The Morgan fingerprint density at radius 1 is 1.20 bits per heavy atom. The van der Waals surface area contributed by atoms with Crippen LogP contribution in [0.2, 0.25) is 0 Å². The SMILES string of the molecule is CCCCn1c(=O)[nH]c(=O)c2c1nc(COC(=O)COc1c(C)cccc1C)n2C. The zero-order valence-corrected chi connectivity index (χ0v) is 17.7. The lowest BCUT2D eigenvalue weighted by atomic mass is 10.1. The predicted octanol–water partition coefficient (Wildman–Crippen LogP) is 1.96. The fourth-order valence-electron chi connectivity index (χ4n) is 3.29. The van der Waals surface area contributed by atoms with Crippen LogP contribution in [0, 0.1) is 13.8 Å². The van der Waals surface area contributed by atoms with Crippen LogP contribution in [-0.2, 0) is 29.7 Å². The van der Waals surface area contributed by atoms with Crippen molar-refractivity contribution in [3.8, 4) is 5.75 Å². The summed E-state index contributed by atoms with van der Waals surface area (Å²) in [7, 11) is 1.65. The number of carbonyl (C=O) groups excluding carboxylic acids is 1. The predicted molar refractivity (Wildman–Crippen MR) is 112 cm³/mol. The van der Waals surface area contributed by atoms with Crippen molar-refractivity contribution in [2.45, 2.75) is 46.8 Å². The molecular formula is C21H26N4O5. The molecule has 0 amide bonds. The number of nitrogens with one attached hydrogen (secondary N) is 1. The third-order valence-corrected chi connectivity index (χ3v) is 4.95. The Bertz CT molecular complexity index is 1170. The molecule has 0 unspecified atom stereocenters. The van der Waals surface area contributed by atoms with E-state index < -0.39 is 17.2 Å². The molecule has 0 saturated carbocycles. The number of carbonyl (C=O) groups is 1. The van der Waals surface area contributed by atoms with Gasteiger partial charge < -0.3 is 14.0 Å². The first kappa shape index (κ1) is 21.4. The molecule has 3 aromatic rings. The molecule has 0 aliphatic heterocycles. The number of imidazole rings is 1. The normalized spacial score (nSPS) is 11.1. The summed E-state index contributed by atoms with van der Waals surface area (Å²) in [4.78, 5) is 43.3. The van der Waals surface area contributed by atoms with Gasteiger partial charge in [-0.05, 0) is 31.4 Å². The van der Waals surface area contributed by atoms with Gasteiger partial charge >= 0.3 is 11.7 Å². The van der Waals surface area contributed by atoms with Crippen molar-refractivity contribution in [1.82, 2.24) is 19.1 Å². The molecule has 1 aromatic carbocycles. The molecule has 1 N–H and O–H groups in total. The van der Waals surface area contributed by atoms with Gasteiger partial charge in [-0.3, -0.25) is 14.3 Å². The molecule has 0 aliphatic carbocycles. The second-order valence-corrected chi connectivity index (χ2v) is 7.19. The van der Waals surface area contributed by atoms with Gasteiger partial charge in [0.15, 0.2) is 17.8 Å². The molecule has 9 nitrogen and oxygen atoms in total. The number of esters is 1. The van der Waals surface area contributed by atoms with E-state index in [1.807, 2.05) is 39.0 Å². The van der Waals surface area contributed by atoms with Crippen molar-refractivity contribution in [1.29, 1.82) is 0 Å². The fraction of sp³-hybridized carbons (Fsp3) is 0.429. The number of aromatic nitrogens is 4. The highest BCUT2D eigenvalue weighted by molar-refractivity contribution is 5.72. The molecule has 0 bridgehead atoms. The van der Waals surface area contributed by atoms with Crippen molar-refractivity contribution in [2.24, 2.45) is 7.05 Å². The lowest BCUT2D eigenvalue weighted by molar-refractivity contribution is -0.147. The Balaban J connectivity index is 1.75. The maximum atomic E-state index is 12.3. The van der Waals surface area contributed by atoms with Gasteiger partial charge in [0.25, 0.3) is 5.56 Å². The Hall–Kier alpha value is -3.36. The van der Waals surface area contributed by atoms with Gasteiger partial charge in [0, 0.05) is 13.6 Å². The van der Waals surface area contributed by atoms with Crippen molar-refractivity contribution in [2.75, 3.05) is 6.61 Å². The quantitative estimate of drug-likeness (QED) is 0.565. The van der Waals surface area contributed by atoms with Crippen molar-refractivity contribution >= 4 is 17.1 Å². The van der Waals surface area contributed by atoms with Crippen LogP contribution in [0.15, 0.2) is 27.8 Å². The van der Waals surface area contributed by atoms with E-state index in [0.29, 0.717) is 18.1 Å². The molecule has 0 spiro atoms. The first-order valence-electron chi connectivity index (χ1n) is 9.86. The minimum absolute atomic E-state index is 0.137. The molecule has 0 radical (unpaired) electrons. The molecule has 0 saturated heterocycles. The van der Waals surface area contributed by atoms with E-state index in [2.05, 4.69) is 9.97 Å². The third-order valence-electron chi connectivity index (χ3n) is 4.95. The van der Waals surface area contributed by atoms with Crippen LogP contribution in [0.5, 0.6) is 5.75 Å². The molecule has 0 atom stereocenters. The zero-order chi connectivity index (χ0) is 21.8. The maximum absolute atomic E-state index is 12.3. The fourth-order valence-corrected chi connectivity index (χ4v) is 3.29. The van der Waals surface area contributed by atoms with Crippen LogP contribution in [-0.4, -0.2) is 31.7 Å². The summed E-state index contributed by atoms with van der Waals surface area (Å²) in [5, 5.41) is 0. The summed E-state index contributed by atoms with van der Waals surface area (Å²) < 4.78 is 13.9. The minimum atomic E-state index is -0.554. The van der Waals surface area contributed by atoms with Gasteiger partial charge in [-0.25, -0.2) is 14.6 Å². The van der Waals surface area contributed by atoms with Crippen molar-refractivity contribution in [3.63, 3.8) is 0 Å². The van der Waals surface area contributed by atoms with Gasteiger partial charge in [-0.1, -0.05) is 31.5 Å². The number of hydrogen-bond donors (Lipinski definition) is 1. The summed E-state index contributed by atoms with van der Waals surface area (Å²) in [5.74, 6) is 0.470. The van der Waals surface area contributed by atoms with Crippen LogP contribution in [0.3, 0.4) is 0 Å². The van der Waals surface area contributed by atoms with Crippen LogP contribution < -0.4 is 16.0 Å². The van der Waals surface area contributed by atoms with Crippen LogP contribution >= 0.6 is 0 Å². The zero-order valence-electron chi connectivity index (χ0n) is 17.7. The molecular weight excluding hydrogens is 388 g/mol. The topological polar surface area (TPSA) is 108 Å². The highest BCUT2D eigenvalue weighted by Crippen LogP contribution is 2.22. The molecule has 3 rings (SSSR count). The Morgan fingerprint density at radius 2 is 1.90 bits per heavy atom. The van der Waals surface area contributed by atoms with Gasteiger partial charge in [0.05, 0.1) is 0 Å². The van der Waals surface area contributed by atoms with Gasteiger partial charge in [0.2, 0.25) is 0 Å². The summed E-state index contributed by atoms with van der Waals surface area (Å²) in [5.41, 5.74) is 1.41. The smallest absolute Gasteiger partial charge is 0.344 e. The number of fused-ring (bicyclic) bond motifs is 1. The average molecular weight is 414 g/mol. The van der Waals surface area contributed by atoms with E-state index in [0.717, 1.165) is 24.0 Å². The van der Waals surface area contributed by atoms with Crippen LogP contribution in [0.25, 0.3) is 11.2 Å². The standard InChI is InChI=1S/C21H26N4O5/c1-5-6-10-25-19-17(20(27)23-21(25)28)24(4)15(22-19)11-29-16(26)12-30-18-13(2)8-7-9-14(18)3/h7-9H,5-6,10-12H2,1-4H3,(H,23,27,28). The van der Waals surface area contributed by atoms with E-state index in [4.69, 9.17) is 9.47 Å². The highest BCUT2D eigenvalue weighted by atomic mass is 16.6. The molecule has 2 heterocycles. The largest absolute Gasteiger partial charge is 0.481 e. The Kier molecular flexibility index (Phi) is 6.39. The summed E-state index contributed by atoms with van der Waals surface area (Å²) in [6.45, 7) is 5.89. The molecule has 2 aromatic heterocycles. The number of rotatable bonds is 8. The number of aryl methyl sites for hydroxylation is 4. The number of unbranched alkanes of at least 4 members (excludes halogenated alkanes) is 1. The van der Waals surface area contributed by atoms with Crippen molar-refractivity contribution in [3.05, 3.63) is 56.0 Å². The number of ether oxygens (including phenoxy) is 2.